The van der Waals surface area contributed by atoms with E-state index in [4.69, 9.17) is 16.7 Å². The van der Waals surface area contributed by atoms with E-state index in [0.29, 0.717) is 17.3 Å². The Morgan fingerprint density at radius 2 is 1.92 bits per heavy atom. The summed E-state index contributed by atoms with van der Waals surface area (Å²) < 4.78 is 3.06. The quantitative estimate of drug-likeness (QED) is 0.662. The molecule has 3 rings (SSSR count). The van der Waals surface area contributed by atoms with Crippen LogP contribution in [0.1, 0.15) is 22.5 Å². The number of hydrogen-bond acceptors (Lipinski definition) is 4. The zero-order chi connectivity index (χ0) is 18.5. The van der Waals surface area contributed by atoms with Crippen LogP contribution in [0.15, 0.2) is 48.9 Å². The van der Waals surface area contributed by atoms with Crippen molar-refractivity contribution in [2.45, 2.75) is 19.5 Å². The van der Waals surface area contributed by atoms with Gasteiger partial charge in [0.25, 0.3) is 5.91 Å². The first-order valence-corrected chi connectivity index (χ1v) is 8.21. The van der Waals surface area contributed by atoms with Crippen LogP contribution in [0.4, 0.5) is 5.69 Å². The molecule has 2 heterocycles. The number of carboxylic acids is 1. The molecule has 0 radical (unpaired) electrons. The summed E-state index contributed by atoms with van der Waals surface area (Å²) in [5.41, 5.74) is 1.86. The van der Waals surface area contributed by atoms with E-state index in [0.717, 1.165) is 5.56 Å². The number of amides is 1. The summed E-state index contributed by atoms with van der Waals surface area (Å²) in [5.74, 6) is -1.32. The topological polar surface area (TPSA) is 102 Å². The lowest BCUT2D eigenvalue weighted by Crippen LogP contribution is -2.18. The molecule has 1 amide bonds. The molecular weight excluding hydrogens is 358 g/mol. The summed E-state index contributed by atoms with van der Waals surface area (Å²) >= 11 is 5.87. The zero-order valence-corrected chi connectivity index (χ0v) is 14.4. The number of carbonyl (C=O) groups is 2. The monoisotopic (exact) mass is 373 g/mol. The van der Waals surface area contributed by atoms with Gasteiger partial charge in [-0.05, 0) is 23.8 Å². The third kappa shape index (κ3) is 4.48. The molecule has 0 aliphatic carbocycles. The number of carbonyl (C=O) groups excluding carboxylic acids is 1. The molecule has 2 aromatic heterocycles. The fourth-order valence-electron chi connectivity index (χ4n) is 2.39. The lowest BCUT2D eigenvalue weighted by molar-refractivity contribution is -0.137. The lowest BCUT2D eigenvalue weighted by Gasteiger charge is -2.06. The molecule has 8 nitrogen and oxygen atoms in total. The van der Waals surface area contributed by atoms with E-state index < -0.39 is 5.97 Å². The Morgan fingerprint density at radius 3 is 2.65 bits per heavy atom. The molecule has 2 N–H and O–H groups in total. The molecular formula is C17H16ClN5O3. The molecule has 0 bridgehead atoms. The molecule has 0 fully saturated rings. The highest BCUT2D eigenvalue weighted by molar-refractivity contribution is 6.30. The van der Waals surface area contributed by atoms with E-state index in [2.05, 4.69) is 15.5 Å². The third-order valence-electron chi connectivity index (χ3n) is 3.64. The molecule has 9 heteroatoms. The highest BCUT2D eigenvalue weighted by Gasteiger charge is 2.14. The van der Waals surface area contributed by atoms with E-state index in [1.165, 1.54) is 16.9 Å². The number of aliphatic carboxylic acids is 1. The van der Waals surface area contributed by atoms with Gasteiger partial charge < -0.3 is 10.4 Å². The normalized spacial score (nSPS) is 10.7. The van der Waals surface area contributed by atoms with Gasteiger partial charge >= 0.3 is 5.97 Å². The van der Waals surface area contributed by atoms with Crippen LogP contribution < -0.4 is 5.32 Å². The first-order chi connectivity index (χ1) is 12.5. The summed E-state index contributed by atoms with van der Waals surface area (Å²) in [6.45, 7) is 0.671. The van der Waals surface area contributed by atoms with Crippen LogP contribution in [-0.2, 0) is 17.9 Å². The van der Waals surface area contributed by atoms with Gasteiger partial charge in [-0.15, -0.1) is 0 Å². The molecule has 0 aliphatic heterocycles. The number of nitrogens with zero attached hydrogens (tertiary/aromatic N) is 4. The Balaban J connectivity index is 1.64. The molecule has 134 valence electrons. The minimum Gasteiger partial charge on any atom is -0.481 e. The van der Waals surface area contributed by atoms with Crippen molar-refractivity contribution in [1.29, 1.82) is 0 Å². The molecule has 1 aromatic carbocycles. The number of aryl methyl sites for hydroxylation is 1. The van der Waals surface area contributed by atoms with Crippen LogP contribution in [-0.4, -0.2) is 36.5 Å². The van der Waals surface area contributed by atoms with E-state index in [1.807, 2.05) is 12.1 Å². The van der Waals surface area contributed by atoms with Gasteiger partial charge in [0.2, 0.25) is 0 Å². The lowest BCUT2D eigenvalue weighted by atomic mass is 10.2. The Kier molecular flexibility index (Phi) is 5.33. The molecule has 0 saturated heterocycles. The predicted octanol–water partition coefficient (Wildman–Crippen LogP) is 2.51. The van der Waals surface area contributed by atoms with E-state index in [1.54, 1.807) is 29.2 Å². The van der Waals surface area contributed by atoms with Gasteiger partial charge in [-0.25, -0.2) is 0 Å². The van der Waals surface area contributed by atoms with Crippen molar-refractivity contribution in [3.8, 4) is 0 Å². The molecule has 0 unspecified atom stereocenters. The van der Waals surface area contributed by atoms with E-state index in [-0.39, 0.29) is 24.6 Å². The van der Waals surface area contributed by atoms with Crippen molar-refractivity contribution in [3.63, 3.8) is 0 Å². The van der Waals surface area contributed by atoms with Crippen molar-refractivity contribution < 1.29 is 14.7 Å². The van der Waals surface area contributed by atoms with Crippen LogP contribution in [0.5, 0.6) is 0 Å². The second kappa shape index (κ2) is 7.83. The maximum Gasteiger partial charge on any atom is 0.305 e. The molecule has 0 spiro atoms. The number of carboxylic acid groups (broad SMARTS) is 1. The number of halogens is 1. The molecule has 26 heavy (non-hydrogen) atoms. The predicted molar refractivity (Wildman–Crippen MR) is 95.2 cm³/mol. The second-order valence-electron chi connectivity index (χ2n) is 5.59. The highest BCUT2D eigenvalue weighted by Crippen LogP contribution is 2.13. The van der Waals surface area contributed by atoms with Gasteiger partial charge in [-0.2, -0.15) is 10.2 Å². The average Bonchev–Trinajstić information content (AvgIpc) is 3.24. The fourth-order valence-corrected chi connectivity index (χ4v) is 2.52. The maximum absolute atomic E-state index is 12.4. The van der Waals surface area contributed by atoms with Gasteiger partial charge in [-0.3, -0.25) is 19.0 Å². The summed E-state index contributed by atoms with van der Waals surface area (Å²) in [4.78, 5) is 23.1. The summed E-state index contributed by atoms with van der Waals surface area (Å²) in [7, 11) is 0. The van der Waals surface area contributed by atoms with Crippen LogP contribution in [0.2, 0.25) is 5.02 Å². The zero-order valence-electron chi connectivity index (χ0n) is 13.7. The Morgan fingerprint density at radius 1 is 1.15 bits per heavy atom. The SMILES string of the molecule is O=C(O)CCn1nccc1C(=O)Nc1cnn(Cc2ccc(Cl)cc2)c1. The minimum absolute atomic E-state index is 0.110. The first-order valence-electron chi connectivity index (χ1n) is 7.83. The van der Waals surface area contributed by atoms with Crippen molar-refractivity contribution in [1.82, 2.24) is 19.6 Å². The number of benzene rings is 1. The summed E-state index contributed by atoms with van der Waals surface area (Å²) in [5, 5.41) is 20.4. The van der Waals surface area contributed by atoms with Crippen LogP contribution in [0.3, 0.4) is 0 Å². The standard InChI is InChI=1S/C17H16ClN5O3/c18-13-3-1-12(2-4-13)10-22-11-14(9-20-22)21-17(26)15-5-7-19-23(15)8-6-16(24)25/h1-5,7,9,11H,6,8,10H2,(H,21,26)(H,24,25). The van der Waals surface area contributed by atoms with Crippen molar-refractivity contribution in [2.75, 3.05) is 5.32 Å². The number of aromatic nitrogens is 4. The smallest absolute Gasteiger partial charge is 0.305 e. The highest BCUT2D eigenvalue weighted by atomic mass is 35.5. The van der Waals surface area contributed by atoms with E-state index >= 15 is 0 Å². The number of rotatable bonds is 7. The fraction of sp³-hybridized carbons (Fsp3) is 0.176. The number of nitrogens with one attached hydrogen (secondary N) is 1. The Labute approximate surface area is 154 Å². The van der Waals surface area contributed by atoms with Crippen LogP contribution >= 0.6 is 11.6 Å². The number of anilines is 1. The Bertz CT molecular complexity index is 917. The van der Waals surface area contributed by atoms with Crippen LogP contribution in [0.25, 0.3) is 0 Å². The van der Waals surface area contributed by atoms with Crippen molar-refractivity contribution >= 4 is 29.2 Å². The molecule has 0 saturated carbocycles. The van der Waals surface area contributed by atoms with Gasteiger partial charge in [0.15, 0.2) is 0 Å². The summed E-state index contributed by atoms with van der Waals surface area (Å²) in [6, 6.07) is 8.96. The molecule has 0 atom stereocenters. The second-order valence-corrected chi connectivity index (χ2v) is 6.03. The van der Waals surface area contributed by atoms with Crippen LogP contribution in [0, 0.1) is 0 Å². The maximum atomic E-state index is 12.4. The number of hydrogen-bond donors (Lipinski definition) is 2. The molecule has 0 aliphatic rings. The van der Waals surface area contributed by atoms with Crippen molar-refractivity contribution in [2.24, 2.45) is 0 Å². The van der Waals surface area contributed by atoms with Gasteiger partial charge in [0.05, 0.1) is 31.4 Å². The molecule has 3 aromatic rings. The first kappa shape index (κ1) is 17.7. The van der Waals surface area contributed by atoms with Crippen molar-refractivity contribution in [3.05, 3.63) is 65.2 Å². The average molecular weight is 374 g/mol. The van der Waals surface area contributed by atoms with Gasteiger partial charge in [-0.1, -0.05) is 23.7 Å². The minimum atomic E-state index is -0.949. The third-order valence-corrected chi connectivity index (χ3v) is 3.89. The van der Waals surface area contributed by atoms with Gasteiger partial charge in [0.1, 0.15) is 5.69 Å². The van der Waals surface area contributed by atoms with E-state index in [9.17, 15) is 9.59 Å². The van der Waals surface area contributed by atoms with Gasteiger partial charge in [0, 0.05) is 17.4 Å². The summed E-state index contributed by atoms with van der Waals surface area (Å²) in [6.07, 6.45) is 4.61. The largest absolute Gasteiger partial charge is 0.481 e. The Hall–Kier alpha value is -3.13.